The molecule has 1 aromatic heterocycles. The highest BCUT2D eigenvalue weighted by molar-refractivity contribution is 7.11. The van der Waals surface area contributed by atoms with Crippen LogP contribution < -0.4 is 5.32 Å². The summed E-state index contributed by atoms with van der Waals surface area (Å²) in [4.78, 5) is 2.68. The smallest absolute Gasteiger partial charge is 0.0810 e. The van der Waals surface area contributed by atoms with E-state index in [1.807, 2.05) is 11.3 Å². The predicted octanol–water partition coefficient (Wildman–Crippen LogP) is 2.57. The first-order chi connectivity index (χ1) is 9.88. The predicted molar refractivity (Wildman–Crippen MR) is 81.1 cm³/mol. The number of hydrogen-bond donors (Lipinski definition) is 1. The minimum atomic E-state index is 0.653. The number of nitrogens with one attached hydrogen (secondary N) is 1. The average molecular weight is 299 g/mol. The Balaban J connectivity index is 1.46. The van der Waals surface area contributed by atoms with Gasteiger partial charge in [-0.15, -0.1) is 11.3 Å². The van der Waals surface area contributed by atoms with E-state index in [2.05, 4.69) is 17.4 Å². The third kappa shape index (κ3) is 6.81. The van der Waals surface area contributed by atoms with Crippen LogP contribution in [-0.2, 0) is 27.4 Å². The molecule has 0 radical (unpaired) electrons. The molecule has 2 rings (SSSR count). The molecule has 0 spiro atoms. The van der Waals surface area contributed by atoms with Gasteiger partial charge < -0.3 is 19.5 Å². The highest BCUT2D eigenvalue weighted by Crippen LogP contribution is 2.22. The fraction of sp³-hybridized carbons (Fsp3) is 0.733. The Bertz CT molecular complexity index is 366. The maximum Gasteiger partial charge on any atom is 0.0810 e. The second-order valence-electron chi connectivity index (χ2n) is 5.03. The zero-order valence-corrected chi connectivity index (χ0v) is 13.0. The molecule has 1 aliphatic carbocycles. The summed E-state index contributed by atoms with van der Waals surface area (Å²) in [5, 5.41) is 3.53. The highest BCUT2D eigenvalue weighted by Gasteiger charge is 2.20. The topological polar surface area (TPSA) is 39.7 Å². The lowest BCUT2D eigenvalue weighted by Gasteiger charge is -2.04. The van der Waals surface area contributed by atoms with Crippen molar-refractivity contribution in [3.8, 4) is 0 Å². The molecule has 1 heterocycles. The molecule has 1 aromatic rings. The number of hydrogen-bond acceptors (Lipinski definition) is 5. The Kier molecular flexibility index (Phi) is 7.54. The quantitative estimate of drug-likeness (QED) is 0.602. The lowest BCUT2D eigenvalue weighted by Crippen LogP contribution is -2.14. The van der Waals surface area contributed by atoms with Gasteiger partial charge in [-0.05, 0) is 31.4 Å². The van der Waals surface area contributed by atoms with Gasteiger partial charge in [0.2, 0.25) is 0 Å². The van der Waals surface area contributed by atoms with Crippen molar-refractivity contribution in [1.82, 2.24) is 5.32 Å². The first-order valence-electron chi connectivity index (χ1n) is 7.34. The van der Waals surface area contributed by atoms with Crippen LogP contribution in [0.1, 0.15) is 29.0 Å². The van der Waals surface area contributed by atoms with Crippen LogP contribution in [0.2, 0.25) is 0 Å². The Morgan fingerprint density at radius 2 is 1.90 bits per heavy atom. The zero-order valence-electron chi connectivity index (χ0n) is 12.2. The summed E-state index contributed by atoms with van der Waals surface area (Å²) in [7, 11) is 1.71. The molecular weight excluding hydrogens is 274 g/mol. The first-order valence-corrected chi connectivity index (χ1v) is 8.15. The van der Waals surface area contributed by atoms with E-state index in [1.54, 1.807) is 7.11 Å². The molecule has 1 saturated carbocycles. The molecule has 0 aromatic carbocycles. The van der Waals surface area contributed by atoms with E-state index in [1.165, 1.54) is 22.6 Å². The van der Waals surface area contributed by atoms with Crippen LogP contribution in [-0.4, -0.2) is 39.6 Å². The minimum Gasteiger partial charge on any atom is -0.385 e. The molecule has 0 atom stereocenters. The average Bonchev–Trinajstić information content (AvgIpc) is 3.18. The summed E-state index contributed by atoms with van der Waals surface area (Å²) in [5.41, 5.74) is 0. The molecule has 0 amide bonds. The fourth-order valence-electron chi connectivity index (χ4n) is 1.83. The van der Waals surface area contributed by atoms with Crippen molar-refractivity contribution in [3.05, 3.63) is 21.9 Å². The normalized spacial score (nSPS) is 14.8. The highest BCUT2D eigenvalue weighted by atomic mass is 32.1. The Morgan fingerprint density at radius 3 is 2.70 bits per heavy atom. The summed E-state index contributed by atoms with van der Waals surface area (Å²) >= 11 is 1.83. The molecule has 20 heavy (non-hydrogen) atoms. The Hall–Kier alpha value is -0.460. The lowest BCUT2D eigenvalue weighted by atomic mass is 10.4. The second kappa shape index (κ2) is 9.47. The molecule has 5 heteroatoms. The van der Waals surface area contributed by atoms with E-state index >= 15 is 0 Å². The molecule has 0 aliphatic heterocycles. The third-order valence-corrected chi connectivity index (χ3v) is 4.17. The maximum absolute atomic E-state index is 5.61. The molecule has 4 nitrogen and oxygen atoms in total. The van der Waals surface area contributed by atoms with Crippen LogP contribution >= 0.6 is 11.3 Å². The minimum absolute atomic E-state index is 0.653. The summed E-state index contributed by atoms with van der Waals surface area (Å²) < 4.78 is 16.0. The molecular formula is C15H25NO3S. The van der Waals surface area contributed by atoms with Crippen molar-refractivity contribution in [2.24, 2.45) is 0 Å². The van der Waals surface area contributed by atoms with Gasteiger partial charge in [0.05, 0.1) is 19.8 Å². The van der Waals surface area contributed by atoms with Gasteiger partial charge in [-0.2, -0.15) is 0 Å². The Morgan fingerprint density at radius 1 is 1.10 bits per heavy atom. The molecule has 1 fully saturated rings. The van der Waals surface area contributed by atoms with Gasteiger partial charge in [0.1, 0.15) is 0 Å². The van der Waals surface area contributed by atoms with E-state index in [-0.39, 0.29) is 0 Å². The van der Waals surface area contributed by atoms with Gasteiger partial charge in [0, 0.05) is 42.7 Å². The van der Waals surface area contributed by atoms with Crippen LogP contribution in [0.15, 0.2) is 12.1 Å². The number of thiophene rings is 1. The van der Waals surface area contributed by atoms with Crippen LogP contribution in [0.3, 0.4) is 0 Å². The van der Waals surface area contributed by atoms with Crippen molar-refractivity contribution in [1.29, 1.82) is 0 Å². The zero-order chi connectivity index (χ0) is 14.0. The van der Waals surface area contributed by atoms with E-state index in [9.17, 15) is 0 Å². The first kappa shape index (κ1) is 15.9. The second-order valence-corrected chi connectivity index (χ2v) is 6.29. The largest absolute Gasteiger partial charge is 0.385 e. The van der Waals surface area contributed by atoms with Crippen molar-refractivity contribution in [2.75, 3.05) is 33.5 Å². The summed E-state index contributed by atoms with van der Waals surface area (Å²) in [6, 6.07) is 5.13. The molecule has 114 valence electrons. The summed E-state index contributed by atoms with van der Waals surface area (Å²) in [6.07, 6.45) is 3.62. The van der Waals surface area contributed by atoms with Gasteiger partial charge in [-0.25, -0.2) is 0 Å². The van der Waals surface area contributed by atoms with Crippen LogP contribution in [0.25, 0.3) is 0 Å². The lowest BCUT2D eigenvalue weighted by molar-refractivity contribution is 0.0344. The van der Waals surface area contributed by atoms with Crippen molar-refractivity contribution in [2.45, 2.75) is 38.5 Å². The molecule has 0 saturated heterocycles. The van der Waals surface area contributed by atoms with Crippen LogP contribution in [0.5, 0.6) is 0 Å². The van der Waals surface area contributed by atoms with Gasteiger partial charge in [0.15, 0.2) is 0 Å². The van der Waals surface area contributed by atoms with Crippen LogP contribution in [0.4, 0.5) is 0 Å². The molecule has 0 bridgehead atoms. The molecule has 0 unspecified atom stereocenters. The summed E-state index contributed by atoms with van der Waals surface area (Å²) in [6.45, 7) is 4.50. The number of methoxy groups -OCH3 is 1. The number of ether oxygens (including phenoxy) is 3. The van der Waals surface area contributed by atoms with Crippen molar-refractivity contribution < 1.29 is 14.2 Å². The van der Waals surface area contributed by atoms with E-state index < -0.39 is 0 Å². The third-order valence-electron chi connectivity index (χ3n) is 3.11. The van der Waals surface area contributed by atoms with E-state index in [4.69, 9.17) is 14.2 Å². The SMILES string of the molecule is COCCCOCCOCc1ccc(CNC2CC2)s1. The van der Waals surface area contributed by atoms with E-state index in [0.29, 0.717) is 19.8 Å². The van der Waals surface area contributed by atoms with Gasteiger partial charge in [0.25, 0.3) is 0 Å². The van der Waals surface area contributed by atoms with Crippen molar-refractivity contribution in [3.63, 3.8) is 0 Å². The van der Waals surface area contributed by atoms with Gasteiger partial charge in [-0.3, -0.25) is 0 Å². The van der Waals surface area contributed by atoms with Gasteiger partial charge in [-0.1, -0.05) is 0 Å². The van der Waals surface area contributed by atoms with Crippen LogP contribution in [0, 0.1) is 0 Å². The standard InChI is InChI=1S/C15H25NO3S/c1-17-7-2-8-18-9-10-19-12-15-6-5-14(20-15)11-16-13-3-4-13/h5-6,13,16H,2-4,7-12H2,1H3. The number of rotatable bonds is 12. The van der Waals surface area contributed by atoms with Gasteiger partial charge >= 0.3 is 0 Å². The Labute approximate surface area is 125 Å². The summed E-state index contributed by atoms with van der Waals surface area (Å²) in [5.74, 6) is 0. The molecule has 1 aliphatic rings. The fourth-order valence-corrected chi connectivity index (χ4v) is 2.73. The maximum atomic E-state index is 5.61. The van der Waals surface area contributed by atoms with Crippen molar-refractivity contribution >= 4 is 11.3 Å². The monoisotopic (exact) mass is 299 g/mol. The molecule has 1 N–H and O–H groups in total. The van der Waals surface area contributed by atoms with E-state index in [0.717, 1.165) is 32.2 Å².